The van der Waals surface area contributed by atoms with Gasteiger partial charge in [-0.25, -0.2) is 0 Å². The molecule has 6 nitrogen and oxygen atoms in total. The van der Waals surface area contributed by atoms with Gasteiger partial charge in [0.15, 0.2) is 0 Å². The van der Waals surface area contributed by atoms with Gasteiger partial charge in [0.1, 0.15) is 6.10 Å². The summed E-state index contributed by atoms with van der Waals surface area (Å²) in [7, 11) is 0. The Kier molecular flexibility index (Phi) is 40.4. The Morgan fingerprint density at radius 2 is 1.07 bits per heavy atom. The highest BCUT2D eigenvalue weighted by Gasteiger charge is 2.23. The zero-order chi connectivity index (χ0) is 41.0. The number of carbonyl (C=O) groups excluding carboxylic acids is 2. The zero-order valence-electron chi connectivity index (χ0n) is 36.0. The SMILES string of the molecule is CC/C=C/C=C/C=C\CCCCCCCC(=O)OC(/C=C/C/C=C/C/C=C/C/C=C/C/C=C/CC)CC(=O)NC(CO)C(O)CCCCCCCCCCCC. The number of esters is 1. The molecular weight excluding hydrogens is 695 g/mol. The molecule has 6 heteroatoms. The molecule has 0 heterocycles. The molecule has 1 amide bonds. The quantitative estimate of drug-likeness (QED) is 0.0251. The summed E-state index contributed by atoms with van der Waals surface area (Å²) in [6.45, 7) is 6.15. The van der Waals surface area contributed by atoms with E-state index in [1.165, 1.54) is 44.9 Å². The summed E-state index contributed by atoms with van der Waals surface area (Å²) in [6.07, 6.45) is 56.4. The molecule has 0 spiro atoms. The molecule has 0 aliphatic rings. The van der Waals surface area contributed by atoms with Crippen molar-refractivity contribution in [3.63, 3.8) is 0 Å². The molecule has 0 saturated heterocycles. The second-order valence-corrected chi connectivity index (χ2v) is 14.7. The first kappa shape index (κ1) is 52.8. The van der Waals surface area contributed by atoms with E-state index in [0.717, 1.165) is 89.9 Å². The molecule has 0 aromatic rings. The molecule has 0 aliphatic carbocycles. The lowest BCUT2D eigenvalue weighted by Gasteiger charge is -2.23. The molecule has 0 aliphatic heterocycles. The maximum atomic E-state index is 13.1. The van der Waals surface area contributed by atoms with Crippen LogP contribution < -0.4 is 5.32 Å². The molecule has 0 bridgehead atoms. The number of hydrogen-bond donors (Lipinski definition) is 3. The minimum absolute atomic E-state index is 0.0600. The molecular formula is C50H83NO5. The topological polar surface area (TPSA) is 95.9 Å². The van der Waals surface area contributed by atoms with Crippen molar-refractivity contribution in [3.05, 3.63) is 97.2 Å². The minimum Gasteiger partial charge on any atom is -0.458 e. The summed E-state index contributed by atoms with van der Waals surface area (Å²) < 4.78 is 5.78. The predicted molar refractivity (Wildman–Crippen MR) is 240 cm³/mol. The number of hydrogen-bond acceptors (Lipinski definition) is 5. The van der Waals surface area contributed by atoms with Crippen molar-refractivity contribution in [2.24, 2.45) is 0 Å². The Labute approximate surface area is 344 Å². The largest absolute Gasteiger partial charge is 0.458 e. The molecule has 0 saturated carbocycles. The van der Waals surface area contributed by atoms with E-state index in [4.69, 9.17) is 4.74 Å². The van der Waals surface area contributed by atoms with E-state index in [9.17, 15) is 19.8 Å². The second kappa shape index (κ2) is 42.9. The van der Waals surface area contributed by atoms with Crippen LogP contribution in [0.4, 0.5) is 0 Å². The van der Waals surface area contributed by atoms with Crippen molar-refractivity contribution in [2.75, 3.05) is 6.61 Å². The van der Waals surface area contributed by atoms with Crippen LogP contribution in [0.15, 0.2) is 97.2 Å². The van der Waals surface area contributed by atoms with Gasteiger partial charge >= 0.3 is 5.97 Å². The van der Waals surface area contributed by atoms with Crippen LogP contribution in [-0.4, -0.2) is 46.9 Å². The molecule has 3 atom stereocenters. The highest BCUT2D eigenvalue weighted by Crippen LogP contribution is 2.14. The zero-order valence-corrected chi connectivity index (χ0v) is 36.0. The van der Waals surface area contributed by atoms with Gasteiger partial charge in [-0.05, 0) is 70.3 Å². The van der Waals surface area contributed by atoms with Crippen molar-refractivity contribution in [3.8, 4) is 0 Å². The van der Waals surface area contributed by atoms with Crippen molar-refractivity contribution in [1.29, 1.82) is 0 Å². The van der Waals surface area contributed by atoms with Gasteiger partial charge in [-0.15, -0.1) is 0 Å². The minimum atomic E-state index is -0.825. The third kappa shape index (κ3) is 37.7. The van der Waals surface area contributed by atoms with E-state index in [1.54, 1.807) is 6.08 Å². The number of amides is 1. The van der Waals surface area contributed by atoms with E-state index in [-0.39, 0.29) is 24.9 Å². The van der Waals surface area contributed by atoms with Crippen molar-refractivity contribution in [1.82, 2.24) is 5.32 Å². The fourth-order valence-electron chi connectivity index (χ4n) is 6.10. The van der Waals surface area contributed by atoms with Gasteiger partial charge < -0.3 is 20.3 Å². The first-order valence-corrected chi connectivity index (χ1v) is 22.5. The summed E-state index contributed by atoms with van der Waals surface area (Å²) in [5.74, 6) is -0.665. The Morgan fingerprint density at radius 1 is 0.571 bits per heavy atom. The smallest absolute Gasteiger partial charge is 0.306 e. The number of rotatable bonds is 38. The lowest BCUT2D eigenvalue weighted by molar-refractivity contribution is -0.148. The standard InChI is InChI=1S/C50H83NO5/c1-4-7-10-13-16-19-22-24-26-27-29-32-35-38-41-46(56-50(55)43-40-37-34-31-28-25-23-20-17-14-11-8-5-2)44-49(54)51-47(45-52)48(53)42-39-36-33-30-21-18-15-12-9-6-3/h7-8,10-11,14,16-17,19-20,23-24,26,29,32,38,41,46-48,52-53H,4-6,9,12-13,15,18,21-22,25,27-28,30-31,33-37,39-40,42-45H2,1-3H3,(H,51,54)/b10-7+,11-8+,17-14+,19-16+,23-20-,26-24+,32-29+,41-38+. The van der Waals surface area contributed by atoms with Crippen LogP contribution in [0.3, 0.4) is 0 Å². The molecule has 0 fully saturated rings. The Balaban J connectivity index is 4.85. The maximum Gasteiger partial charge on any atom is 0.306 e. The average Bonchev–Trinajstić information content (AvgIpc) is 3.19. The third-order valence-corrected chi connectivity index (χ3v) is 9.47. The highest BCUT2D eigenvalue weighted by atomic mass is 16.5. The Morgan fingerprint density at radius 3 is 1.64 bits per heavy atom. The van der Waals surface area contributed by atoms with Crippen LogP contribution >= 0.6 is 0 Å². The normalized spacial score (nSPS) is 14.3. The number of aliphatic hydroxyl groups excluding tert-OH is 2. The Bertz CT molecular complexity index is 1140. The van der Waals surface area contributed by atoms with Crippen molar-refractivity contribution >= 4 is 11.9 Å². The fraction of sp³-hybridized carbons (Fsp3) is 0.640. The molecule has 0 radical (unpaired) electrons. The van der Waals surface area contributed by atoms with E-state index >= 15 is 0 Å². The van der Waals surface area contributed by atoms with Gasteiger partial charge in [0.25, 0.3) is 0 Å². The van der Waals surface area contributed by atoms with Gasteiger partial charge in [-0.1, -0.05) is 195 Å². The summed E-state index contributed by atoms with van der Waals surface area (Å²) in [5.41, 5.74) is 0. The van der Waals surface area contributed by atoms with Crippen LogP contribution in [-0.2, 0) is 14.3 Å². The predicted octanol–water partition coefficient (Wildman–Crippen LogP) is 13.0. The number of carbonyl (C=O) groups is 2. The molecule has 0 rings (SSSR count). The maximum absolute atomic E-state index is 13.1. The molecule has 3 N–H and O–H groups in total. The van der Waals surface area contributed by atoms with Crippen molar-refractivity contribution < 1.29 is 24.5 Å². The Hall–Kier alpha value is -3.22. The van der Waals surface area contributed by atoms with E-state index in [1.807, 2.05) is 6.08 Å². The number of nitrogens with one attached hydrogen (secondary N) is 1. The van der Waals surface area contributed by atoms with Crippen LogP contribution in [0.2, 0.25) is 0 Å². The van der Waals surface area contributed by atoms with Crippen LogP contribution in [0.25, 0.3) is 0 Å². The highest BCUT2D eigenvalue weighted by molar-refractivity contribution is 5.78. The molecule has 318 valence electrons. The number of aliphatic hydroxyl groups is 2. The van der Waals surface area contributed by atoms with E-state index in [2.05, 4.69) is 111 Å². The number of unbranched alkanes of at least 4 members (excludes halogenated alkanes) is 14. The van der Waals surface area contributed by atoms with E-state index < -0.39 is 18.2 Å². The first-order valence-electron chi connectivity index (χ1n) is 22.5. The average molecular weight is 778 g/mol. The third-order valence-electron chi connectivity index (χ3n) is 9.47. The fourth-order valence-corrected chi connectivity index (χ4v) is 6.10. The van der Waals surface area contributed by atoms with Gasteiger partial charge in [0.2, 0.25) is 5.91 Å². The lowest BCUT2D eigenvalue weighted by Crippen LogP contribution is -2.46. The number of ether oxygens (including phenoxy) is 1. The molecule has 0 aromatic carbocycles. The first-order chi connectivity index (χ1) is 27.5. The second-order valence-electron chi connectivity index (χ2n) is 14.7. The van der Waals surface area contributed by atoms with Gasteiger partial charge in [-0.3, -0.25) is 9.59 Å². The summed E-state index contributed by atoms with van der Waals surface area (Å²) in [4.78, 5) is 25.9. The number of allylic oxidation sites excluding steroid dienone is 15. The van der Waals surface area contributed by atoms with Gasteiger partial charge in [-0.2, -0.15) is 0 Å². The monoisotopic (exact) mass is 778 g/mol. The van der Waals surface area contributed by atoms with Crippen LogP contribution in [0, 0.1) is 0 Å². The molecule has 3 unspecified atom stereocenters. The van der Waals surface area contributed by atoms with E-state index in [0.29, 0.717) is 19.3 Å². The van der Waals surface area contributed by atoms with Gasteiger partial charge in [0, 0.05) is 6.42 Å². The van der Waals surface area contributed by atoms with Crippen LogP contribution in [0.1, 0.15) is 181 Å². The summed E-state index contributed by atoms with van der Waals surface area (Å²) in [6, 6.07) is -0.749. The lowest BCUT2D eigenvalue weighted by atomic mass is 10.0. The van der Waals surface area contributed by atoms with Gasteiger partial charge in [0.05, 0.1) is 25.2 Å². The van der Waals surface area contributed by atoms with Crippen molar-refractivity contribution in [2.45, 2.75) is 200 Å². The summed E-state index contributed by atoms with van der Waals surface area (Å²) >= 11 is 0. The molecule has 56 heavy (non-hydrogen) atoms. The molecule has 0 aromatic heterocycles. The van der Waals surface area contributed by atoms with Crippen LogP contribution in [0.5, 0.6) is 0 Å². The summed E-state index contributed by atoms with van der Waals surface area (Å²) in [5, 5.41) is 23.5.